The summed E-state index contributed by atoms with van der Waals surface area (Å²) in [4.78, 5) is 0. The lowest BCUT2D eigenvalue weighted by atomic mass is 10.1. The molecule has 0 aromatic heterocycles. The molecule has 0 fully saturated rings. The summed E-state index contributed by atoms with van der Waals surface area (Å²) in [5.41, 5.74) is 0.969. The van der Waals surface area contributed by atoms with Crippen molar-refractivity contribution >= 4 is 11.6 Å². The van der Waals surface area contributed by atoms with E-state index >= 15 is 0 Å². The minimum absolute atomic E-state index is 0.367. The Kier molecular flexibility index (Phi) is 5.82. The topological polar surface area (TPSA) is 9.23 Å². The second-order valence-corrected chi connectivity index (χ2v) is 4.05. The quantitative estimate of drug-likeness (QED) is 0.572. The Balaban J connectivity index is 2.51. The minimum Gasteiger partial charge on any atom is -0.493 e. The van der Waals surface area contributed by atoms with Gasteiger partial charge in [0.2, 0.25) is 0 Å². The molecule has 86 valence electrons. The van der Waals surface area contributed by atoms with Crippen LogP contribution in [-0.2, 0) is 0 Å². The molecule has 1 aromatic carbocycles. The van der Waals surface area contributed by atoms with Gasteiger partial charge in [0.25, 0.3) is 0 Å². The normalized spacial score (nSPS) is 11.4. The molecule has 1 nitrogen and oxygen atoms in total. The lowest BCUT2D eigenvalue weighted by molar-refractivity contribution is 0.256. The average Bonchev–Trinajstić information content (AvgIpc) is 2.34. The van der Waals surface area contributed by atoms with Crippen molar-refractivity contribution in [3.8, 4) is 17.6 Å². The first kappa shape index (κ1) is 12.9. The molecule has 1 aromatic rings. The van der Waals surface area contributed by atoms with E-state index in [1.807, 2.05) is 24.3 Å². The molecule has 16 heavy (non-hydrogen) atoms. The summed E-state index contributed by atoms with van der Waals surface area (Å²) < 4.78 is 5.64. The van der Waals surface area contributed by atoms with E-state index in [9.17, 15) is 0 Å². The van der Waals surface area contributed by atoms with Gasteiger partial charge in [-0.05, 0) is 30.2 Å². The van der Waals surface area contributed by atoms with E-state index in [1.165, 1.54) is 0 Å². The van der Waals surface area contributed by atoms with Crippen molar-refractivity contribution in [1.29, 1.82) is 0 Å². The summed E-state index contributed by atoms with van der Waals surface area (Å²) in [6, 6.07) is 7.79. The Labute approximate surface area is 103 Å². The van der Waals surface area contributed by atoms with Crippen molar-refractivity contribution in [2.75, 3.05) is 12.5 Å². The smallest absolute Gasteiger partial charge is 0.119 e. The molecule has 0 bridgehead atoms. The number of alkyl halides is 1. The zero-order valence-electron chi connectivity index (χ0n) is 9.79. The van der Waals surface area contributed by atoms with Gasteiger partial charge in [-0.25, -0.2) is 0 Å². The first-order valence-corrected chi connectivity index (χ1v) is 6.07. The number of hydrogen-bond donors (Lipinski definition) is 0. The molecule has 0 radical (unpaired) electrons. The molecule has 2 heteroatoms. The van der Waals surface area contributed by atoms with E-state index in [0.29, 0.717) is 11.8 Å². The first-order chi connectivity index (χ1) is 7.76. The Bertz CT molecular complexity index is 359. The SMILES string of the molecule is CCC(C)COc1ccc(C#CCCl)cc1. The summed E-state index contributed by atoms with van der Waals surface area (Å²) in [5.74, 6) is 7.64. The molecule has 1 unspecified atom stereocenters. The fraction of sp³-hybridized carbons (Fsp3) is 0.429. The van der Waals surface area contributed by atoms with Crippen molar-refractivity contribution in [2.24, 2.45) is 5.92 Å². The van der Waals surface area contributed by atoms with Crippen molar-refractivity contribution in [3.05, 3.63) is 29.8 Å². The first-order valence-electron chi connectivity index (χ1n) is 5.54. The van der Waals surface area contributed by atoms with Crippen LogP contribution < -0.4 is 4.74 Å². The maximum Gasteiger partial charge on any atom is 0.119 e. The third-order valence-electron chi connectivity index (χ3n) is 2.39. The lowest BCUT2D eigenvalue weighted by Gasteiger charge is -2.10. The Morgan fingerprint density at radius 1 is 1.31 bits per heavy atom. The molecule has 1 atom stereocenters. The van der Waals surface area contributed by atoms with E-state index in [4.69, 9.17) is 16.3 Å². The number of hydrogen-bond acceptors (Lipinski definition) is 1. The molecule has 0 aliphatic rings. The van der Waals surface area contributed by atoms with E-state index in [-0.39, 0.29) is 0 Å². The monoisotopic (exact) mass is 236 g/mol. The fourth-order valence-electron chi connectivity index (χ4n) is 1.13. The summed E-state index contributed by atoms with van der Waals surface area (Å²) in [6.07, 6.45) is 1.14. The van der Waals surface area contributed by atoms with Crippen molar-refractivity contribution < 1.29 is 4.74 Å². The molecule has 0 aliphatic heterocycles. The minimum atomic E-state index is 0.367. The maximum absolute atomic E-state index is 5.64. The summed E-state index contributed by atoms with van der Waals surface area (Å²) in [5, 5.41) is 0. The second kappa shape index (κ2) is 7.19. The lowest BCUT2D eigenvalue weighted by Crippen LogP contribution is -2.06. The predicted octanol–water partition coefficient (Wildman–Crippen LogP) is 3.70. The van der Waals surface area contributed by atoms with Crippen LogP contribution in [0.15, 0.2) is 24.3 Å². The van der Waals surface area contributed by atoms with Crippen LogP contribution >= 0.6 is 11.6 Å². The van der Waals surface area contributed by atoms with E-state index in [0.717, 1.165) is 24.3 Å². The highest BCUT2D eigenvalue weighted by molar-refractivity contribution is 6.19. The highest BCUT2D eigenvalue weighted by atomic mass is 35.5. The highest BCUT2D eigenvalue weighted by Crippen LogP contribution is 2.13. The van der Waals surface area contributed by atoms with Gasteiger partial charge in [-0.15, -0.1) is 11.6 Å². The van der Waals surface area contributed by atoms with Crippen LogP contribution in [0.25, 0.3) is 0 Å². The summed E-state index contributed by atoms with van der Waals surface area (Å²) in [6.45, 7) is 5.11. The van der Waals surface area contributed by atoms with Crippen LogP contribution in [0, 0.1) is 17.8 Å². The van der Waals surface area contributed by atoms with E-state index in [1.54, 1.807) is 0 Å². The van der Waals surface area contributed by atoms with Gasteiger partial charge in [-0.1, -0.05) is 32.1 Å². The van der Waals surface area contributed by atoms with Crippen LogP contribution in [0.1, 0.15) is 25.8 Å². The molecule has 0 saturated heterocycles. The Morgan fingerprint density at radius 3 is 2.56 bits per heavy atom. The Morgan fingerprint density at radius 2 is 2.00 bits per heavy atom. The summed E-state index contributed by atoms with van der Waals surface area (Å²) >= 11 is 5.48. The molecular formula is C14H17ClO. The molecule has 0 N–H and O–H groups in total. The maximum atomic E-state index is 5.64. The van der Waals surface area contributed by atoms with Crippen LogP contribution in [-0.4, -0.2) is 12.5 Å². The number of ether oxygens (including phenoxy) is 1. The van der Waals surface area contributed by atoms with Crippen molar-refractivity contribution in [3.63, 3.8) is 0 Å². The van der Waals surface area contributed by atoms with Gasteiger partial charge < -0.3 is 4.74 Å². The van der Waals surface area contributed by atoms with Crippen LogP contribution in [0.4, 0.5) is 0 Å². The fourth-order valence-corrected chi connectivity index (χ4v) is 1.19. The number of rotatable bonds is 4. The van der Waals surface area contributed by atoms with Crippen molar-refractivity contribution in [2.45, 2.75) is 20.3 Å². The Hall–Kier alpha value is -1.13. The van der Waals surface area contributed by atoms with Gasteiger partial charge in [0.15, 0.2) is 0 Å². The van der Waals surface area contributed by atoms with Gasteiger partial charge in [0.1, 0.15) is 5.75 Å². The molecule has 0 amide bonds. The molecule has 1 rings (SSSR count). The van der Waals surface area contributed by atoms with Crippen LogP contribution in [0.3, 0.4) is 0 Å². The van der Waals surface area contributed by atoms with Gasteiger partial charge >= 0.3 is 0 Å². The zero-order valence-corrected chi connectivity index (χ0v) is 10.6. The molecule has 0 spiro atoms. The van der Waals surface area contributed by atoms with Gasteiger partial charge in [-0.2, -0.15) is 0 Å². The highest BCUT2D eigenvalue weighted by Gasteiger charge is 1.99. The number of benzene rings is 1. The van der Waals surface area contributed by atoms with E-state index < -0.39 is 0 Å². The van der Waals surface area contributed by atoms with Gasteiger partial charge in [0, 0.05) is 5.56 Å². The standard InChI is InChI=1S/C14H17ClO/c1-3-12(2)11-16-14-8-6-13(7-9-14)5-4-10-15/h6-9,12H,3,10-11H2,1-2H3. The third-order valence-corrected chi connectivity index (χ3v) is 2.52. The molecule has 0 heterocycles. The average molecular weight is 237 g/mol. The molecular weight excluding hydrogens is 220 g/mol. The van der Waals surface area contributed by atoms with Crippen LogP contribution in [0.5, 0.6) is 5.75 Å². The zero-order chi connectivity index (χ0) is 11.8. The van der Waals surface area contributed by atoms with Gasteiger partial charge in [-0.3, -0.25) is 0 Å². The largest absolute Gasteiger partial charge is 0.493 e. The second-order valence-electron chi connectivity index (χ2n) is 3.78. The molecule has 0 aliphatic carbocycles. The van der Waals surface area contributed by atoms with Gasteiger partial charge in [0.05, 0.1) is 12.5 Å². The summed E-state index contributed by atoms with van der Waals surface area (Å²) in [7, 11) is 0. The van der Waals surface area contributed by atoms with E-state index in [2.05, 4.69) is 25.7 Å². The third kappa shape index (κ3) is 4.59. The predicted molar refractivity (Wildman–Crippen MR) is 69.0 cm³/mol. The van der Waals surface area contributed by atoms with Crippen molar-refractivity contribution in [1.82, 2.24) is 0 Å². The van der Waals surface area contributed by atoms with Crippen LogP contribution in [0.2, 0.25) is 0 Å². The molecule has 0 saturated carbocycles. The number of halogens is 1.